The molecule has 6 heteroatoms. The van der Waals surface area contributed by atoms with Crippen LogP contribution in [0.1, 0.15) is 75.7 Å². The summed E-state index contributed by atoms with van der Waals surface area (Å²) in [4.78, 5) is 13.2. The molecule has 2 heterocycles. The summed E-state index contributed by atoms with van der Waals surface area (Å²) in [5.74, 6) is 1.58. The smallest absolute Gasteiger partial charge is 0.193 e. The molecule has 1 spiro atoms. The summed E-state index contributed by atoms with van der Waals surface area (Å²) in [6, 6.07) is 4.81. The number of carbonyl (C=O) groups excluding carboxylic acids is 1. The van der Waals surface area contributed by atoms with Crippen molar-refractivity contribution in [3.63, 3.8) is 0 Å². The predicted octanol–water partition coefficient (Wildman–Crippen LogP) is 4.17. The number of benzene rings is 1. The fourth-order valence-corrected chi connectivity index (χ4v) is 8.10. The van der Waals surface area contributed by atoms with Crippen LogP contribution in [-0.2, 0) is 21.1 Å². The molecule has 3 fully saturated rings. The molecule has 5 aliphatic rings. The molecule has 6 rings (SSSR count). The number of aliphatic hydroxyl groups is 1. The molecule has 0 amide bonds. The minimum Gasteiger partial charge on any atom is -0.481 e. The van der Waals surface area contributed by atoms with Gasteiger partial charge < -0.3 is 19.6 Å². The lowest BCUT2D eigenvalue weighted by Crippen LogP contribution is -2.65. The average molecular weight is 456 g/mol. The van der Waals surface area contributed by atoms with Crippen molar-refractivity contribution < 1.29 is 19.1 Å². The molecule has 2 aliphatic heterocycles. The predicted molar refractivity (Wildman–Crippen MR) is 126 cm³/mol. The highest BCUT2D eigenvalue weighted by Crippen LogP contribution is 2.63. The first-order valence-corrected chi connectivity index (χ1v) is 15.4. The van der Waals surface area contributed by atoms with Crippen LogP contribution in [-0.4, -0.2) is 43.5 Å². The van der Waals surface area contributed by atoms with E-state index in [-0.39, 0.29) is 22.3 Å². The average Bonchev–Trinajstić information content (AvgIpc) is 3.35. The SMILES string of the molecule is CC(C)(C)[Si](C)(C)OC(c1ccc2c3c1O[C@H]1C(=O)CC[C@H]4[C@@H](C2)NCC[C@]314)C1(O)CC1. The highest BCUT2D eigenvalue weighted by Gasteiger charge is 2.65. The number of piperidine rings is 1. The number of rotatable bonds is 4. The van der Waals surface area contributed by atoms with E-state index in [4.69, 9.17) is 9.16 Å². The topological polar surface area (TPSA) is 67.8 Å². The lowest BCUT2D eigenvalue weighted by molar-refractivity contribution is -0.135. The molecule has 0 aromatic heterocycles. The van der Waals surface area contributed by atoms with Crippen molar-refractivity contribution in [2.45, 2.75) is 107 Å². The van der Waals surface area contributed by atoms with E-state index >= 15 is 0 Å². The van der Waals surface area contributed by atoms with E-state index in [1.54, 1.807) is 0 Å². The fourth-order valence-electron chi connectivity index (χ4n) is 6.81. The first kappa shape index (κ1) is 21.3. The van der Waals surface area contributed by atoms with E-state index in [0.717, 1.165) is 50.0 Å². The molecule has 0 radical (unpaired) electrons. The Morgan fingerprint density at radius 1 is 1.25 bits per heavy atom. The molecule has 5 atom stereocenters. The maximum absolute atomic E-state index is 13.2. The molecule has 2 saturated carbocycles. The number of hydrogen-bond acceptors (Lipinski definition) is 5. The van der Waals surface area contributed by atoms with Crippen LogP contribution < -0.4 is 10.1 Å². The van der Waals surface area contributed by atoms with Gasteiger partial charge in [-0.2, -0.15) is 0 Å². The van der Waals surface area contributed by atoms with E-state index in [9.17, 15) is 9.90 Å². The van der Waals surface area contributed by atoms with Crippen molar-refractivity contribution in [2.75, 3.05) is 6.54 Å². The van der Waals surface area contributed by atoms with E-state index in [0.29, 0.717) is 18.4 Å². The molecular weight excluding hydrogens is 418 g/mol. The fraction of sp³-hybridized carbons (Fsp3) is 0.731. The standard InChI is InChI=1S/C26H37NO4Si/c1-24(2,3)32(4,5)31-22(25(29)10-11-25)16-7-6-15-14-18-17-8-9-19(28)23-26(17,12-13-27-18)20(15)21(16)30-23/h6-7,17-18,22-23,27,29H,8-14H2,1-5H3/t17-,18+,22?,23-,26-/m0/s1. The molecule has 5 nitrogen and oxygen atoms in total. The van der Waals surface area contributed by atoms with E-state index in [1.807, 2.05) is 0 Å². The third-order valence-electron chi connectivity index (χ3n) is 9.72. The van der Waals surface area contributed by atoms with Crippen molar-refractivity contribution in [2.24, 2.45) is 5.92 Å². The Balaban J connectivity index is 1.51. The number of nitrogens with one attached hydrogen (secondary N) is 1. The summed E-state index contributed by atoms with van der Waals surface area (Å²) in [6.45, 7) is 12.1. The van der Waals surface area contributed by atoms with Crippen LogP contribution in [0.15, 0.2) is 12.1 Å². The lowest BCUT2D eigenvalue weighted by atomic mass is 9.52. The van der Waals surface area contributed by atoms with Gasteiger partial charge in [0.05, 0.1) is 5.60 Å². The quantitative estimate of drug-likeness (QED) is 0.667. The van der Waals surface area contributed by atoms with Gasteiger partial charge >= 0.3 is 0 Å². The van der Waals surface area contributed by atoms with Gasteiger partial charge in [-0.25, -0.2) is 0 Å². The lowest BCUT2D eigenvalue weighted by Gasteiger charge is -2.54. The molecule has 1 aromatic carbocycles. The van der Waals surface area contributed by atoms with Crippen LogP contribution in [0.2, 0.25) is 18.1 Å². The van der Waals surface area contributed by atoms with Gasteiger partial charge in [0.25, 0.3) is 0 Å². The normalized spacial score (nSPS) is 35.2. The van der Waals surface area contributed by atoms with Gasteiger partial charge in [-0.1, -0.05) is 32.9 Å². The molecule has 1 saturated heterocycles. The minimum absolute atomic E-state index is 0.0436. The second-order valence-corrected chi connectivity index (χ2v) is 17.3. The van der Waals surface area contributed by atoms with Crippen LogP contribution in [0, 0.1) is 5.92 Å². The van der Waals surface area contributed by atoms with E-state index < -0.39 is 20.0 Å². The summed E-state index contributed by atoms with van der Waals surface area (Å²) in [5, 5.41) is 15.2. The van der Waals surface area contributed by atoms with Crippen molar-refractivity contribution in [3.05, 3.63) is 28.8 Å². The second-order valence-electron chi connectivity index (χ2n) is 12.5. The van der Waals surface area contributed by atoms with Gasteiger partial charge in [0.2, 0.25) is 0 Å². The van der Waals surface area contributed by atoms with Crippen molar-refractivity contribution in [1.82, 2.24) is 5.32 Å². The zero-order valence-electron chi connectivity index (χ0n) is 20.1. The number of ketones is 1. The van der Waals surface area contributed by atoms with Crippen molar-refractivity contribution in [1.29, 1.82) is 0 Å². The van der Waals surface area contributed by atoms with Gasteiger partial charge in [0.15, 0.2) is 20.2 Å². The summed E-state index contributed by atoms with van der Waals surface area (Å²) in [6.07, 6.45) is 4.26. The molecule has 32 heavy (non-hydrogen) atoms. The summed E-state index contributed by atoms with van der Waals surface area (Å²) in [7, 11) is -2.14. The Morgan fingerprint density at radius 3 is 2.69 bits per heavy atom. The van der Waals surface area contributed by atoms with Gasteiger partial charge in [-0.15, -0.1) is 0 Å². The monoisotopic (exact) mass is 455 g/mol. The Bertz CT molecular complexity index is 994. The zero-order chi connectivity index (χ0) is 22.7. The molecule has 3 aliphatic carbocycles. The van der Waals surface area contributed by atoms with Gasteiger partial charge in [-0.3, -0.25) is 4.79 Å². The first-order chi connectivity index (χ1) is 15.0. The number of hydrogen-bond donors (Lipinski definition) is 2. The number of carbonyl (C=O) groups is 1. The zero-order valence-corrected chi connectivity index (χ0v) is 21.1. The Morgan fingerprint density at radius 2 is 2.00 bits per heavy atom. The maximum Gasteiger partial charge on any atom is 0.193 e. The third-order valence-corrected chi connectivity index (χ3v) is 14.2. The minimum atomic E-state index is -2.14. The van der Waals surface area contributed by atoms with Crippen LogP contribution in [0.3, 0.4) is 0 Å². The third kappa shape index (κ3) is 2.70. The maximum atomic E-state index is 13.2. The molecule has 1 unspecified atom stereocenters. The van der Waals surface area contributed by atoms with Crippen LogP contribution in [0.4, 0.5) is 0 Å². The molecule has 2 bridgehead atoms. The van der Waals surface area contributed by atoms with Crippen LogP contribution in [0.5, 0.6) is 5.75 Å². The Labute approximate surface area is 192 Å². The summed E-state index contributed by atoms with van der Waals surface area (Å²) < 4.78 is 13.6. The first-order valence-electron chi connectivity index (χ1n) is 12.5. The summed E-state index contributed by atoms with van der Waals surface area (Å²) in [5.41, 5.74) is 2.55. The van der Waals surface area contributed by atoms with Gasteiger partial charge in [-0.05, 0) is 68.3 Å². The largest absolute Gasteiger partial charge is 0.481 e. The molecule has 2 N–H and O–H groups in total. The number of Topliss-reactive ketones (excluding diaryl/α,β-unsaturated/α-hetero) is 1. The molecular formula is C26H37NO4Si. The van der Waals surface area contributed by atoms with Crippen molar-refractivity contribution >= 4 is 14.1 Å². The Kier molecular flexibility index (Phi) is 4.31. The second kappa shape index (κ2) is 6.47. The van der Waals surface area contributed by atoms with Crippen LogP contribution >= 0.6 is 0 Å². The van der Waals surface area contributed by atoms with Gasteiger partial charge in [0.1, 0.15) is 11.9 Å². The Hall–Kier alpha value is -1.21. The van der Waals surface area contributed by atoms with Crippen LogP contribution in [0.25, 0.3) is 0 Å². The highest BCUT2D eigenvalue weighted by atomic mass is 28.4. The van der Waals surface area contributed by atoms with Gasteiger partial charge in [0, 0.05) is 29.0 Å². The van der Waals surface area contributed by atoms with E-state index in [1.165, 1.54) is 11.1 Å². The molecule has 174 valence electrons. The van der Waals surface area contributed by atoms with E-state index in [2.05, 4.69) is 51.3 Å². The van der Waals surface area contributed by atoms with Crippen molar-refractivity contribution in [3.8, 4) is 5.75 Å². The highest BCUT2D eigenvalue weighted by molar-refractivity contribution is 6.74. The number of ether oxygens (including phenoxy) is 1. The summed E-state index contributed by atoms with van der Waals surface area (Å²) >= 11 is 0. The molecule has 1 aromatic rings.